The highest BCUT2D eigenvalue weighted by Crippen LogP contribution is 2.20. The van der Waals surface area contributed by atoms with Crippen molar-refractivity contribution in [2.75, 3.05) is 26.4 Å². The highest BCUT2D eigenvalue weighted by Gasteiger charge is 2.39. The maximum atomic E-state index is 6.10. The second-order valence-electron chi connectivity index (χ2n) is 5.43. The Hall–Kier alpha value is 0.234. The summed E-state index contributed by atoms with van der Waals surface area (Å²) in [5, 5.41) is 0. The van der Waals surface area contributed by atoms with E-state index in [0.717, 1.165) is 13.2 Å². The Morgan fingerprint density at radius 1 is 0.882 bits per heavy atom. The topological polar surface area (TPSA) is 52.8 Å². The van der Waals surface area contributed by atoms with E-state index in [0.29, 0.717) is 13.2 Å². The molecule has 2 aliphatic heterocycles. The zero-order valence-corrected chi connectivity index (χ0v) is 13.0. The molecule has 0 N–H and O–H groups in total. The van der Waals surface area contributed by atoms with Gasteiger partial charge in [-0.25, -0.2) is 0 Å². The third-order valence-electron chi connectivity index (χ3n) is 2.53. The number of rotatable bonds is 8. The summed E-state index contributed by atoms with van der Waals surface area (Å²) in [6, 6.07) is 0. The fourth-order valence-electron chi connectivity index (χ4n) is 1.57. The standard InChI is InChI=1S/C10H22O5Si2/c1-16(2,13-7-9-5-11-9)15-17(3,4)14-8-10-6-12-10/h9-10H,5-8H2,1-4H3. The van der Waals surface area contributed by atoms with Gasteiger partial charge in [-0.1, -0.05) is 0 Å². The van der Waals surface area contributed by atoms with Crippen molar-refractivity contribution >= 4 is 17.1 Å². The molecular formula is C10H22O5Si2. The van der Waals surface area contributed by atoms with Gasteiger partial charge in [0.1, 0.15) is 12.2 Å². The van der Waals surface area contributed by atoms with Crippen LogP contribution in [-0.4, -0.2) is 55.8 Å². The van der Waals surface area contributed by atoms with Crippen LogP contribution in [0.3, 0.4) is 0 Å². The molecule has 0 bridgehead atoms. The first-order valence-electron chi connectivity index (χ1n) is 6.08. The number of hydrogen-bond donors (Lipinski definition) is 0. The second kappa shape index (κ2) is 5.08. The van der Waals surface area contributed by atoms with Crippen LogP contribution in [0.25, 0.3) is 0 Å². The molecule has 2 saturated heterocycles. The monoisotopic (exact) mass is 278 g/mol. The summed E-state index contributed by atoms with van der Waals surface area (Å²) in [6.45, 7) is 11.2. The highest BCUT2D eigenvalue weighted by molar-refractivity contribution is 6.78. The molecule has 17 heavy (non-hydrogen) atoms. The molecule has 2 atom stereocenters. The van der Waals surface area contributed by atoms with Crippen LogP contribution in [0.15, 0.2) is 0 Å². The van der Waals surface area contributed by atoms with Crippen molar-refractivity contribution in [3.8, 4) is 0 Å². The predicted molar refractivity (Wildman–Crippen MR) is 67.4 cm³/mol. The molecule has 7 heteroatoms. The van der Waals surface area contributed by atoms with Gasteiger partial charge in [0.2, 0.25) is 0 Å². The number of epoxide rings is 2. The Kier molecular flexibility index (Phi) is 4.08. The van der Waals surface area contributed by atoms with E-state index in [1.165, 1.54) is 0 Å². The smallest absolute Gasteiger partial charge is 0.323 e. The third-order valence-corrected chi connectivity index (χ3v) is 8.19. The van der Waals surface area contributed by atoms with Crippen molar-refractivity contribution in [3.63, 3.8) is 0 Å². The molecule has 0 aromatic heterocycles. The van der Waals surface area contributed by atoms with Gasteiger partial charge in [-0.2, -0.15) is 0 Å². The van der Waals surface area contributed by atoms with Crippen LogP contribution in [0, 0.1) is 0 Å². The van der Waals surface area contributed by atoms with Gasteiger partial charge in [0.25, 0.3) is 0 Å². The van der Waals surface area contributed by atoms with Crippen molar-refractivity contribution in [1.82, 2.24) is 0 Å². The zero-order valence-electron chi connectivity index (χ0n) is 11.0. The van der Waals surface area contributed by atoms with Crippen LogP contribution < -0.4 is 0 Å². The lowest BCUT2D eigenvalue weighted by molar-refractivity contribution is 0.173. The Morgan fingerprint density at radius 2 is 1.24 bits per heavy atom. The van der Waals surface area contributed by atoms with E-state index in [2.05, 4.69) is 26.2 Å². The van der Waals surface area contributed by atoms with Gasteiger partial charge in [0, 0.05) is 0 Å². The number of ether oxygens (including phenoxy) is 2. The fraction of sp³-hybridized carbons (Fsp3) is 1.00. The van der Waals surface area contributed by atoms with Gasteiger partial charge in [0.05, 0.1) is 26.4 Å². The van der Waals surface area contributed by atoms with Gasteiger partial charge < -0.3 is 22.4 Å². The van der Waals surface area contributed by atoms with Crippen molar-refractivity contribution in [2.45, 2.75) is 38.4 Å². The van der Waals surface area contributed by atoms with Gasteiger partial charge >= 0.3 is 17.1 Å². The van der Waals surface area contributed by atoms with Gasteiger partial charge in [-0.05, 0) is 26.2 Å². The van der Waals surface area contributed by atoms with E-state index < -0.39 is 17.1 Å². The molecule has 0 radical (unpaired) electrons. The fourth-order valence-corrected chi connectivity index (χ4v) is 7.95. The lowest BCUT2D eigenvalue weighted by atomic mass is 10.5. The molecule has 2 fully saturated rings. The van der Waals surface area contributed by atoms with Crippen molar-refractivity contribution in [1.29, 1.82) is 0 Å². The van der Waals surface area contributed by atoms with Crippen LogP contribution >= 0.6 is 0 Å². The summed E-state index contributed by atoms with van der Waals surface area (Å²) in [7, 11) is -4.19. The maximum absolute atomic E-state index is 6.10. The summed E-state index contributed by atoms with van der Waals surface area (Å²) < 4.78 is 28.0. The van der Waals surface area contributed by atoms with Gasteiger partial charge in [-0.15, -0.1) is 0 Å². The SMILES string of the molecule is C[Si](C)(OCC1CO1)O[Si](C)(C)OCC1CO1. The van der Waals surface area contributed by atoms with E-state index in [-0.39, 0.29) is 12.2 Å². The van der Waals surface area contributed by atoms with Crippen LogP contribution in [-0.2, 0) is 22.4 Å². The van der Waals surface area contributed by atoms with E-state index in [4.69, 9.17) is 22.4 Å². The summed E-state index contributed by atoms with van der Waals surface area (Å²) >= 11 is 0. The Balaban J connectivity index is 1.70. The summed E-state index contributed by atoms with van der Waals surface area (Å²) in [5.41, 5.74) is 0. The first-order chi connectivity index (χ1) is 7.86. The van der Waals surface area contributed by atoms with E-state index in [1.807, 2.05) is 0 Å². The quantitative estimate of drug-likeness (QED) is 0.494. The second-order valence-corrected chi connectivity index (χ2v) is 12.4. The molecule has 0 saturated carbocycles. The molecule has 2 aliphatic rings. The molecule has 0 aliphatic carbocycles. The van der Waals surface area contributed by atoms with Crippen LogP contribution in [0.1, 0.15) is 0 Å². The largest absolute Gasteiger partial charge is 0.415 e. The number of hydrogen-bond acceptors (Lipinski definition) is 5. The maximum Gasteiger partial charge on any atom is 0.323 e. The minimum atomic E-state index is -2.10. The Morgan fingerprint density at radius 3 is 1.53 bits per heavy atom. The average Bonchev–Trinajstić information content (AvgIpc) is 3.05. The first-order valence-corrected chi connectivity index (χ1v) is 11.7. The first kappa shape index (κ1) is 13.7. The van der Waals surface area contributed by atoms with E-state index >= 15 is 0 Å². The average molecular weight is 278 g/mol. The highest BCUT2D eigenvalue weighted by atomic mass is 28.5. The molecule has 0 aromatic rings. The molecule has 2 unspecified atom stereocenters. The molecule has 0 amide bonds. The van der Waals surface area contributed by atoms with Gasteiger partial charge in [-0.3, -0.25) is 0 Å². The molecule has 0 spiro atoms. The van der Waals surface area contributed by atoms with Crippen LogP contribution in [0.5, 0.6) is 0 Å². The van der Waals surface area contributed by atoms with E-state index in [1.54, 1.807) is 0 Å². The Bertz CT molecular complexity index is 237. The summed E-state index contributed by atoms with van der Waals surface area (Å²) in [5.74, 6) is 0. The van der Waals surface area contributed by atoms with Crippen LogP contribution in [0.4, 0.5) is 0 Å². The lowest BCUT2D eigenvalue weighted by Gasteiger charge is -2.32. The van der Waals surface area contributed by atoms with Gasteiger partial charge in [0.15, 0.2) is 0 Å². The lowest BCUT2D eigenvalue weighted by Crippen LogP contribution is -2.49. The van der Waals surface area contributed by atoms with Crippen molar-refractivity contribution in [3.05, 3.63) is 0 Å². The minimum absolute atomic E-state index is 0.288. The third kappa shape index (κ3) is 5.60. The molecule has 2 heterocycles. The van der Waals surface area contributed by atoms with E-state index in [9.17, 15) is 0 Å². The molecule has 0 aromatic carbocycles. The molecule has 5 nitrogen and oxygen atoms in total. The Labute approximate surface area is 105 Å². The molecule has 2 rings (SSSR count). The zero-order chi connectivity index (χ0) is 12.5. The summed E-state index contributed by atoms with van der Waals surface area (Å²) in [6.07, 6.45) is 0.576. The van der Waals surface area contributed by atoms with Crippen molar-refractivity contribution < 1.29 is 22.4 Å². The van der Waals surface area contributed by atoms with Crippen molar-refractivity contribution in [2.24, 2.45) is 0 Å². The van der Waals surface area contributed by atoms with Crippen LogP contribution in [0.2, 0.25) is 26.2 Å². The minimum Gasteiger partial charge on any atom is -0.415 e. The predicted octanol–water partition coefficient (Wildman–Crippen LogP) is 1.24. The molecule has 100 valence electrons. The normalized spacial score (nSPS) is 28.2. The molecular weight excluding hydrogens is 256 g/mol. The summed E-state index contributed by atoms with van der Waals surface area (Å²) in [4.78, 5) is 0.